The number of benzene rings is 2. The van der Waals surface area contributed by atoms with Gasteiger partial charge >= 0.3 is 0 Å². The van der Waals surface area contributed by atoms with Gasteiger partial charge in [0.2, 0.25) is 0 Å². The number of methoxy groups -OCH3 is 1. The molecule has 0 aliphatic rings. The predicted octanol–water partition coefficient (Wildman–Crippen LogP) is 3.37. The van der Waals surface area contributed by atoms with E-state index in [2.05, 4.69) is 4.72 Å². The molecule has 6 heteroatoms. The Hall–Kier alpha value is -1.73. The van der Waals surface area contributed by atoms with Crippen molar-refractivity contribution in [2.75, 3.05) is 13.7 Å². The third kappa shape index (κ3) is 6.74. The maximum Gasteiger partial charge on any atom is 0.118 e. The summed E-state index contributed by atoms with van der Waals surface area (Å²) in [6.45, 7) is 6.20. The van der Waals surface area contributed by atoms with Crippen molar-refractivity contribution in [2.24, 2.45) is 0 Å². The maximum atomic E-state index is 12.6. The summed E-state index contributed by atoms with van der Waals surface area (Å²) >= 11 is 0. The molecule has 0 spiro atoms. The Morgan fingerprint density at radius 3 is 2.26 bits per heavy atom. The summed E-state index contributed by atoms with van der Waals surface area (Å²) in [7, 11) is 0.269. The van der Waals surface area contributed by atoms with Gasteiger partial charge in [-0.2, -0.15) is 0 Å². The number of aliphatic hydroxyl groups excluding tert-OH is 1. The van der Waals surface area contributed by atoms with Crippen LogP contribution in [-0.2, 0) is 22.3 Å². The zero-order valence-electron chi connectivity index (χ0n) is 16.3. The van der Waals surface area contributed by atoms with E-state index in [9.17, 15) is 9.32 Å². The molecule has 0 radical (unpaired) electrons. The summed E-state index contributed by atoms with van der Waals surface area (Å²) in [4.78, 5) is 0. The molecule has 2 N–H and O–H groups in total. The highest BCUT2D eigenvalue weighted by Gasteiger charge is 2.28. The smallest absolute Gasteiger partial charge is 0.118 e. The van der Waals surface area contributed by atoms with Crippen LogP contribution in [0.5, 0.6) is 5.75 Å². The van der Waals surface area contributed by atoms with Gasteiger partial charge in [0.25, 0.3) is 0 Å². The second-order valence-electron chi connectivity index (χ2n) is 7.32. The van der Waals surface area contributed by atoms with Gasteiger partial charge in [0.15, 0.2) is 0 Å². The van der Waals surface area contributed by atoms with Gasteiger partial charge in [0.1, 0.15) is 5.75 Å². The Morgan fingerprint density at radius 1 is 1.07 bits per heavy atom. The molecule has 2 rings (SSSR count). The average molecular weight is 392 g/mol. The van der Waals surface area contributed by atoms with Gasteiger partial charge in [-0.3, -0.25) is 0 Å². The van der Waals surface area contributed by atoms with Crippen molar-refractivity contribution in [3.8, 4) is 5.75 Å². The zero-order chi connectivity index (χ0) is 19.9. The van der Waals surface area contributed by atoms with E-state index < -0.39 is 27.9 Å². The lowest BCUT2D eigenvalue weighted by molar-refractivity contribution is 0.0129. The van der Waals surface area contributed by atoms with Crippen LogP contribution in [0.2, 0.25) is 0 Å². The van der Waals surface area contributed by atoms with E-state index in [1.807, 2.05) is 75.4 Å². The SMILES string of the molecule is COc1ccc([C@H](NS(=O)C(C)(C)C)[C@H](O)COCc2ccccc2)cc1. The van der Waals surface area contributed by atoms with Gasteiger partial charge in [-0.25, -0.2) is 8.93 Å². The Morgan fingerprint density at radius 2 is 1.70 bits per heavy atom. The highest BCUT2D eigenvalue weighted by Crippen LogP contribution is 2.23. The van der Waals surface area contributed by atoms with Crippen LogP contribution in [0.15, 0.2) is 54.6 Å². The molecule has 0 amide bonds. The van der Waals surface area contributed by atoms with Crippen molar-refractivity contribution in [3.63, 3.8) is 0 Å². The van der Waals surface area contributed by atoms with Gasteiger partial charge in [-0.05, 0) is 44.0 Å². The minimum absolute atomic E-state index is 0.125. The van der Waals surface area contributed by atoms with Crippen molar-refractivity contribution in [1.29, 1.82) is 0 Å². The minimum Gasteiger partial charge on any atom is -0.497 e. The molecule has 0 saturated carbocycles. The fraction of sp³-hybridized carbons (Fsp3) is 0.429. The normalized spacial score (nSPS) is 15.1. The van der Waals surface area contributed by atoms with Gasteiger partial charge in [-0.1, -0.05) is 42.5 Å². The standard InChI is InChI=1S/C21H29NO4S/c1-21(2,3)27(24)22-20(17-10-12-18(25-4)13-11-17)19(23)15-26-14-16-8-6-5-7-9-16/h5-13,19-20,22-23H,14-15H2,1-4H3/t19-,20+,27?/m1/s1. The lowest BCUT2D eigenvalue weighted by Gasteiger charge is -2.28. The molecule has 3 atom stereocenters. The van der Waals surface area contributed by atoms with Crippen molar-refractivity contribution < 1.29 is 18.8 Å². The number of aliphatic hydroxyl groups is 1. The van der Waals surface area contributed by atoms with E-state index in [1.54, 1.807) is 7.11 Å². The predicted molar refractivity (Wildman–Crippen MR) is 109 cm³/mol. The molecule has 5 nitrogen and oxygen atoms in total. The van der Waals surface area contributed by atoms with Crippen molar-refractivity contribution >= 4 is 11.0 Å². The van der Waals surface area contributed by atoms with Crippen LogP contribution in [0.3, 0.4) is 0 Å². The molecule has 2 aromatic carbocycles. The second-order valence-corrected chi connectivity index (χ2v) is 9.32. The van der Waals surface area contributed by atoms with E-state index in [0.717, 1.165) is 16.9 Å². The minimum atomic E-state index is -1.33. The van der Waals surface area contributed by atoms with Gasteiger partial charge < -0.3 is 14.6 Å². The molecule has 0 saturated heterocycles. The molecule has 148 valence electrons. The van der Waals surface area contributed by atoms with Crippen LogP contribution in [0.4, 0.5) is 0 Å². The van der Waals surface area contributed by atoms with Crippen LogP contribution in [0, 0.1) is 0 Å². The molecule has 1 unspecified atom stereocenters. The Bertz CT molecular complexity index is 713. The molecule has 27 heavy (non-hydrogen) atoms. The van der Waals surface area contributed by atoms with Crippen LogP contribution in [0.25, 0.3) is 0 Å². The maximum absolute atomic E-state index is 12.6. The van der Waals surface area contributed by atoms with Crippen LogP contribution in [0.1, 0.15) is 37.9 Å². The molecule has 0 aliphatic heterocycles. The summed E-state index contributed by atoms with van der Waals surface area (Å²) in [5.41, 5.74) is 1.86. The molecule has 0 aliphatic carbocycles. The molecular weight excluding hydrogens is 362 g/mol. The molecule has 2 aromatic rings. The van der Waals surface area contributed by atoms with E-state index in [4.69, 9.17) is 9.47 Å². The zero-order valence-corrected chi connectivity index (χ0v) is 17.2. The summed E-state index contributed by atoms with van der Waals surface area (Å²) in [5, 5.41) is 10.7. The number of ether oxygens (including phenoxy) is 2. The first-order chi connectivity index (χ1) is 12.8. The highest BCUT2D eigenvalue weighted by molar-refractivity contribution is 7.84. The Labute approximate surface area is 164 Å². The molecule has 0 bridgehead atoms. The summed E-state index contributed by atoms with van der Waals surface area (Å²) < 4.78 is 26.1. The first-order valence-corrected chi connectivity index (χ1v) is 10.1. The average Bonchev–Trinajstić information content (AvgIpc) is 2.66. The van der Waals surface area contributed by atoms with Crippen LogP contribution >= 0.6 is 0 Å². The van der Waals surface area contributed by atoms with Crippen molar-refractivity contribution in [1.82, 2.24) is 4.72 Å². The number of hydrogen-bond acceptors (Lipinski definition) is 4. The lowest BCUT2D eigenvalue weighted by atomic mass is 10.0. The van der Waals surface area contributed by atoms with Crippen LogP contribution in [-0.4, -0.2) is 33.9 Å². The monoisotopic (exact) mass is 391 g/mol. The summed E-state index contributed by atoms with van der Waals surface area (Å²) in [6, 6.07) is 16.6. The molecule has 0 fully saturated rings. The van der Waals surface area contributed by atoms with Crippen molar-refractivity contribution in [3.05, 3.63) is 65.7 Å². The first kappa shape index (κ1) is 21.6. The Balaban J connectivity index is 2.08. The molecule has 0 heterocycles. The third-order valence-corrected chi connectivity index (χ3v) is 5.63. The molecule has 0 aromatic heterocycles. The van der Waals surface area contributed by atoms with Gasteiger partial charge in [0, 0.05) is 0 Å². The van der Waals surface area contributed by atoms with E-state index in [-0.39, 0.29) is 6.61 Å². The van der Waals surface area contributed by atoms with E-state index in [1.165, 1.54) is 0 Å². The number of nitrogens with one attached hydrogen (secondary N) is 1. The number of hydrogen-bond donors (Lipinski definition) is 2. The lowest BCUT2D eigenvalue weighted by Crippen LogP contribution is -2.41. The fourth-order valence-corrected chi connectivity index (χ4v) is 3.32. The topological polar surface area (TPSA) is 67.8 Å². The number of rotatable bonds is 9. The fourth-order valence-electron chi connectivity index (χ4n) is 2.44. The Kier molecular flexibility index (Phi) is 7.98. The second kappa shape index (κ2) is 9.99. The van der Waals surface area contributed by atoms with Gasteiger partial charge in [0.05, 0.1) is 48.2 Å². The summed E-state index contributed by atoms with van der Waals surface area (Å²) in [5.74, 6) is 0.726. The van der Waals surface area contributed by atoms with Crippen LogP contribution < -0.4 is 9.46 Å². The third-order valence-electron chi connectivity index (χ3n) is 4.05. The quantitative estimate of drug-likeness (QED) is 0.688. The largest absolute Gasteiger partial charge is 0.497 e. The first-order valence-electron chi connectivity index (χ1n) is 8.93. The van der Waals surface area contributed by atoms with E-state index in [0.29, 0.717) is 6.61 Å². The summed E-state index contributed by atoms with van der Waals surface area (Å²) in [6.07, 6.45) is -0.853. The highest BCUT2D eigenvalue weighted by atomic mass is 32.2. The molecular formula is C21H29NO4S. The van der Waals surface area contributed by atoms with Crippen molar-refractivity contribution in [2.45, 2.75) is 44.3 Å². The van der Waals surface area contributed by atoms with E-state index >= 15 is 0 Å². The van der Waals surface area contributed by atoms with Gasteiger partial charge in [-0.15, -0.1) is 0 Å².